The van der Waals surface area contributed by atoms with Gasteiger partial charge < -0.3 is 9.80 Å². The molecule has 2 saturated carbocycles. The summed E-state index contributed by atoms with van der Waals surface area (Å²) in [5.41, 5.74) is 0. The van der Waals surface area contributed by atoms with Crippen molar-refractivity contribution in [1.29, 1.82) is 0 Å². The summed E-state index contributed by atoms with van der Waals surface area (Å²) in [6, 6.07) is 1.94. The van der Waals surface area contributed by atoms with Gasteiger partial charge in [0.1, 0.15) is 0 Å². The van der Waals surface area contributed by atoms with Crippen molar-refractivity contribution >= 4 is 0 Å². The lowest BCUT2D eigenvalue weighted by Gasteiger charge is -2.20. The molecule has 2 aliphatic carbocycles. The van der Waals surface area contributed by atoms with Gasteiger partial charge in [-0.05, 0) is 64.5 Å². The van der Waals surface area contributed by atoms with Crippen LogP contribution in [0, 0.1) is 11.8 Å². The molecular weight excluding hydrogens is 196 g/mol. The molecule has 0 aromatic rings. The van der Waals surface area contributed by atoms with E-state index in [0.29, 0.717) is 0 Å². The fourth-order valence-corrected chi connectivity index (χ4v) is 4.34. The van der Waals surface area contributed by atoms with Gasteiger partial charge in [-0.25, -0.2) is 0 Å². The van der Waals surface area contributed by atoms with E-state index in [4.69, 9.17) is 0 Å². The fraction of sp³-hybridized carbons (Fsp3) is 1.00. The highest BCUT2D eigenvalue weighted by molar-refractivity contribution is 4.90. The molecule has 4 rings (SSSR count). The monoisotopic (exact) mass is 222 g/mol. The second-order valence-electron chi connectivity index (χ2n) is 6.54. The molecule has 4 aliphatic rings. The van der Waals surface area contributed by atoms with Gasteiger partial charge in [0, 0.05) is 25.2 Å². The maximum atomic E-state index is 2.51. The Morgan fingerprint density at radius 2 is 1.12 bits per heavy atom. The van der Waals surface area contributed by atoms with Crippen molar-refractivity contribution in [2.24, 2.45) is 11.8 Å². The van der Waals surface area contributed by atoms with Crippen LogP contribution in [-0.2, 0) is 0 Å². The van der Waals surface area contributed by atoms with E-state index in [0.717, 1.165) is 23.9 Å². The molecule has 2 heterocycles. The highest BCUT2D eigenvalue weighted by Gasteiger charge is 2.35. The topological polar surface area (TPSA) is 6.48 Å². The highest BCUT2D eigenvalue weighted by atomic mass is 15.2. The summed E-state index contributed by atoms with van der Waals surface area (Å²) in [5.74, 6) is 2.15. The summed E-state index contributed by atoms with van der Waals surface area (Å²) in [7, 11) is 4.51. The van der Waals surface area contributed by atoms with Gasteiger partial charge in [0.05, 0.1) is 0 Å². The molecule has 0 aromatic carbocycles. The lowest BCUT2D eigenvalue weighted by atomic mass is 10.1. The van der Waals surface area contributed by atoms with Crippen LogP contribution in [0.3, 0.4) is 0 Å². The highest BCUT2D eigenvalue weighted by Crippen LogP contribution is 2.36. The molecule has 0 N–H and O–H groups in total. The van der Waals surface area contributed by atoms with Crippen LogP contribution >= 0.6 is 0 Å². The van der Waals surface area contributed by atoms with Gasteiger partial charge in [-0.1, -0.05) is 0 Å². The minimum absolute atomic E-state index is 0.972. The smallest absolute Gasteiger partial charge is 0.00955 e. The Kier molecular flexibility index (Phi) is 2.97. The van der Waals surface area contributed by atoms with E-state index in [-0.39, 0.29) is 0 Å². The Balaban J connectivity index is 0.000000101. The summed E-state index contributed by atoms with van der Waals surface area (Å²) < 4.78 is 0. The third-order valence-corrected chi connectivity index (χ3v) is 5.37. The zero-order chi connectivity index (χ0) is 11.1. The molecule has 0 aromatic heterocycles. The number of nitrogens with zero attached hydrogens (tertiary/aromatic N) is 2. The molecule has 92 valence electrons. The van der Waals surface area contributed by atoms with Crippen molar-refractivity contribution in [3.8, 4) is 0 Å². The van der Waals surface area contributed by atoms with Crippen molar-refractivity contribution in [2.75, 3.05) is 27.2 Å². The average Bonchev–Trinajstić information content (AvgIpc) is 2.94. The summed E-state index contributed by atoms with van der Waals surface area (Å²) in [5, 5.41) is 0. The van der Waals surface area contributed by atoms with Crippen LogP contribution in [0.15, 0.2) is 0 Å². The predicted octanol–water partition coefficient (Wildman–Crippen LogP) is 2.20. The Morgan fingerprint density at radius 3 is 1.25 bits per heavy atom. The molecule has 0 radical (unpaired) electrons. The maximum Gasteiger partial charge on any atom is 0.00955 e. The van der Waals surface area contributed by atoms with E-state index in [1.54, 1.807) is 0 Å². The molecule has 0 spiro atoms. The Bertz CT molecular complexity index is 223. The fourth-order valence-electron chi connectivity index (χ4n) is 4.34. The van der Waals surface area contributed by atoms with E-state index >= 15 is 0 Å². The molecular formula is C14H26N2. The summed E-state index contributed by atoms with van der Waals surface area (Å²) in [4.78, 5) is 5.02. The van der Waals surface area contributed by atoms with Crippen LogP contribution < -0.4 is 0 Å². The largest absolute Gasteiger partial charge is 0.303 e. The zero-order valence-electron chi connectivity index (χ0n) is 10.9. The lowest BCUT2D eigenvalue weighted by molar-refractivity contribution is 0.261. The quantitative estimate of drug-likeness (QED) is 0.620. The van der Waals surface area contributed by atoms with Crippen LogP contribution in [0.1, 0.15) is 38.5 Å². The Hall–Kier alpha value is -0.0800. The lowest BCUT2D eigenvalue weighted by Crippen LogP contribution is -2.27. The van der Waals surface area contributed by atoms with Gasteiger partial charge >= 0.3 is 0 Å². The van der Waals surface area contributed by atoms with Gasteiger partial charge in [-0.15, -0.1) is 0 Å². The number of piperidine rings is 2. The summed E-state index contributed by atoms with van der Waals surface area (Å²) in [6.07, 6.45) is 8.96. The summed E-state index contributed by atoms with van der Waals surface area (Å²) >= 11 is 0. The number of likely N-dealkylation sites (tertiary alicyclic amines) is 2. The average molecular weight is 222 g/mol. The van der Waals surface area contributed by atoms with Gasteiger partial charge in [-0.2, -0.15) is 0 Å². The molecule has 2 saturated heterocycles. The second kappa shape index (κ2) is 4.30. The van der Waals surface area contributed by atoms with E-state index < -0.39 is 0 Å². The van der Waals surface area contributed by atoms with Crippen LogP contribution in [0.4, 0.5) is 0 Å². The standard InChI is InChI=1S/2C7H13N/c2*1-8-5-6-2-3-7(8)4-6/h2*6-7H,2-5H2,1H3. The Morgan fingerprint density at radius 1 is 0.688 bits per heavy atom. The van der Waals surface area contributed by atoms with Gasteiger partial charge in [0.2, 0.25) is 0 Å². The van der Waals surface area contributed by atoms with Crippen LogP contribution in [-0.4, -0.2) is 49.1 Å². The number of fused-ring (bicyclic) bond motifs is 4. The molecule has 2 heteroatoms. The third-order valence-electron chi connectivity index (χ3n) is 5.37. The van der Waals surface area contributed by atoms with Crippen molar-refractivity contribution < 1.29 is 0 Å². The van der Waals surface area contributed by atoms with E-state index in [9.17, 15) is 0 Å². The van der Waals surface area contributed by atoms with Crippen molar-refractivity contribution in [1.82, 2.24) is 9.80 Å². The zero-order valence-corrected chi connectivity index (χ0v) is 10.9. The second-order valence-corrected chi connectivity index (χ2v) is 6.54. The van der Waals surface area contributed by atoms with E-state index in [1.165, 1.54) is 51.6 Å². The first-order valence-electron chi connectivity index (χ1n) is 7.13. The van der Waals surface area contributed by atoms with Gasteiger partial charge in [0.15, 0.2) is 0 Å². The van der Waals surface area contributed by atoms with Crippen LogP contribution in [0.2, 0.25) is 0 Å². The van der Waals surface area contributed by atoms with Crippen molar-refractivity contribution in [3.63, 3.8) is 0 Å². The number of hydrogen-bond donors (Lipinski definition) is 0. The van der Waals surface area contributed by atoms with Crippen molar-refractivity contribution in [2.45, 2.75) is 50.6 Å². The van der Waals surface area contributed by atoms with Gasteiger partial charge in [0.25, 0.3) is 0 Å². The molecule has 2 aliphatic heterocycles. The minimum Gasteiger partial charge on any atom is -0.303 e. The van der Waals surface area contributed by atoms with E-state index in [1.807, 2.05) is 0 Å². The Labute approximate surface area is 100.0 Å². The maximum absolute atomic E-state index is 2.51. The summed E-state index contributed by atoms with van der Waals surface area (Å²) in [6.45, 7) is 2.76. The molecule has 2 nitrogen and oxygen atoms in total. The SMILES string of the molecule is CN1CC2CCC1C2.CN1CC2CCC1C2. The molecule has 4 atom stereocenters. The molecule has 4 fully saturated rings. The van der Waals surface area contributed by atoms with Crippen LogP contribution in [0.25, 0.3) is 0 Å². The first-order chi connectivity index (χ1) is 7.72. The van der Waals surface area contributed by atoms with Crippen LogP contribution in [0.5, 0.6) is 0 Å². The minimum atomic E-state index is 0.972. The third kappa shape index (κ3) is 2.02. The predicted molar refractivity (Wildman–Crippen MR) is 67.5 cm³/mol. The molecule has 4 bridgehead atoms. The first kappa shape index (κ1) is 11.0. The van der Waals surface area contributed by atoms with Crippen molar-refractivity contribution in [3.05, 3.63) is 0 Å². The molecule has 4 unspecified atom stereocenters. The number of hydrogen-bond acceptors (Lipinski definition) is 2. The molecule has 16 heavy (non-hydrogen) atoms. The number of rotatable bonds is 0. The normalized spacial score (nSPS) is 46.1. The van der Waals surface area contributed by atoms with Gasteiger partial charge in [-0.3, -0.25) is 0 Å². The van der Waals surface area contributed by atoms with E-state index in [2.05, 4.69) is 23.9 Å². The first-order valence-corrected chi connectivity index (χ1v) is 7.13. The molecule has 0 amide bonds.